The average molecular weight is 421 g/mol. The van der Waals surface area contributed by atoms with E-state index in [1.54, 1.807) is 0 Å². The van der Waals surface area contributed by atoms with E-state index in [0.29, 0.717) is 42.9 Å². The highest BCUT2D eigenvalue weighted by Crippen LogP contribution is 2.34. The van der Waals surface area contributed by atoms with Crippen molar-refractivity contribution in [1.29, 1.82) is 0 Å². The monoisotopic (exact) mass is 421 g/mol. The number of hydrogen-bond donors (Lipinski definition) is 2. The summed E-state index contributed by atoms with van der Waals surface area (Å²) in [4.78, 5) is 8.76. The van der Waals surface area contributed by atoms with E-state index in [-0.39, 0.29) is 24.0 Å². The van der Waals surface area contributed by atoms with Crippen LogP contribution in [0.3, 0.4) is 0 Å². The lowest BCUT2D eigenvalue weighted by Crippen LogP contribution is -2.47. The largest absolute Gasteiger partial charge is 0.373 e. The maximum atomic E-state index is 5.86. The highest BCUT2D eigenvalue weighted by atomic mass is 127. The van der Waals surface area contributed by atoms with Crippen molar-refractivity contribution in [3.8, 4) is 0 Å². The third-order valence-corrected chi connectivity index (χ3v) is 3.94. The van der Waals surface area contributed by atoms with Crippen LogP contribution in [0.15, 0.2) is 9.52 Å². The lowest BCUT2D eigenvalue weighted by Gasteiger charge is -2.22. The minimum Gasteiger partial charge on any atom is -0.373 e. The van der Waals surface area contributed by atoms with Gasteiger partial charge in [-0.3, -0.25) is 4.99 Å². The first kappa shape index (κ1) is 17.5. The van der Waals surface area contributed by atoms with E-state index in [2.05, 4.69) is 32.7 Å². The van der Waals surface area contributed by atoms with Gasteiger partial charge in [0.2, 0.25) is 5.89 Å². The molecule has 2 fully saturated rings. The molecule has 7 nitrogen and oxygen atoms in total. The third-order valence-electron chi connectivity index (χ3n) is 3.94. The smallest absolute Gasteiger partial charge is 0.228 e. The SMILES string of the molecule is CCNC(=NCCc1nc(C)no1)NC1CC2CCC1O2.I. The molecule has 1 aromatic rings. The molecule has 0 radical (unpaired) electrons. The molecule has 3 rings (SSSR count). The normalized spacial score (nSPS) is 26.8. The van der Waals surface area contributed by atoms with Gasteiger partial charge >= 0.3 is 0 Å². The predicted octanol–water partition coefficient (Wildman–Crippen LogP) is 1.41. The number of nitrogens with zero attached hydrogens (tertiary/aromatic N) is 3. The quantitative estimate of drug-likeness (QED) is 0.425. The van der Waals surface area contributed by atoms with Crippen molar-refractivity contribution in [1.82, 2.24) is 20.8 Å². The molecule has 0 amide bonds. The number of guanidine groups is 1. The summed E-state index contributed by atoms with van der Waals surface area (Å²) < 4.78 is 11.0. The number of halogens is 1. The maximum absolute atomic E-state index is 5.86. The van der Waals surface area contributed by atoms with Crippen LogP contribution in [0.5, 0.6) is 0 Å². The van der Waals surface area contributed by atoms with Crippen LogP contribution in [0.4, 0.5) is 0 Å². The van der Waals surface area contributed by atoms with E-state index in [9.17, 15) is 0 Å². The second-order valence-corrected chi connectivity index (χ2v) is 5.61. The van der Waals surface area contributed by atoms with Crippen molar-refractivity contribution in [2.24, 2.45) is 4.99 Å². The molecule has 2 bridgehead atoms. The van der Waals surface area contributed by atoms with Crippen LogP contribution in [-0.2, 0) is 11.2 Å². The molecular weight excluding hydrogens is 397 g/mol. The van der Waals surface area contributed by atoms with Crippen LogP contribution in [0.2, 0.25) is 0 Å². The highest BCUT2D eigenvalue weighted by molar-refractivity contribution is 14.0. The second kappa shape index (κ2) is 8.09. The minimum absolute atomic E-state index is 0. The van der Waals surface area contributed by atoms with Crippen molar-refractivity contribution in [3.63, 3.8) is 0 Å². The summed E-state index contributed by atoms with van der Waals surface area (Å²) in [6.45, 7) is 5.35. The zero-order valence-electron chi connectivity index (χ0n) is 13.0. The van der Waals surface area contributed by atoms with Gasteiger partial charge in [0.25, 0.3) is 0 Å². The molecule has 0 spiro atoms. The standard InChI is InChI=1S/C14H23N5O2.HI/c1-3-15-14(16-7-6-13-17-9(2)19-21-13)18-11-8-10-4-5-12(11)20-10;/h10-12H,3-8H2,1-2H3,(H2,15,16,18);1H. The van der Waals surface area contributed by atoms with Crippen molar-refractivity contribution < 1.29 is 9.26 Å². The summed E-state index contributed by atoms with van der Waals surface area (Å²) in [6.07, 6.45) is 4.88. The lowest BCUT2D eigenvalue weighted by molar-refractivity contribution is 0.0992. The first-order valence-corrected chi connectivity index (χ1v) is 7.74. The van der Waals surface area contributed by atoms with Gasteiger partial charge in [-0.25, -0.2) is 0 Å². The molecule has 3 atom stereocenters. The topological polar surface area (TPSA) is 84.6 Å². The minimum atomic E-state index is 0. The molecule has 3 unspecified atom stereocenters. The Balaban J connectivity index is 0.00000176. The van der Waals surface area contributed by atoms with E-state index < -0.39 is 0 Å². The summed E-state index contributed by atoms with van der Waals surface area (Å²) in [6, 6.07) is 0.382. The highest BCUT2D eigenvalue weighted by Gasteiger charge is 2.41. The molecule has 124 valence electrons. The molecule has 2 N–H and O–H groups in total. The van der Waals surface area contributed by atoms with Crippen molar-refractivity contribution in [2.75, 3.05) is 13.1 Å². The van der Waals surface area contributed by atoms with Gasteiger partial charge in [-0.05, 0) is 33.1 Å². The number of aryl methyl sites for hydroxylation is 1. The second-order valence-electron chi connectivity index (χ2n) is 5.61. The average Bonchev–Trinajstić information content (AvgIpc) is 3.16. The Morgan fingerprint density at radius 3 is 2.86 bits per heavy atom. The fraction of sp³-hybridized carbons (Fsp3) is 0.786. The van der Waals surface area contributed by atoms with Crippen LogP contribution in [0, 0.1) is 6.92 Å². The van der Waals surface area contributed by atoms with Gasteiger partial charge < -0.3 is 19.9 Å². The van der Waals surface area contributed by atoms with E-state index in [1.807, 2.05) is 6.92 Å². The number of hydrogen-bond acceptors (Lipinski definition) is 5. The number of aromatic nitrogens is 2. The van der Waals surface area contributed by atoms with Gasteiger partial charge in [-0.15, -0.1) is 24.0 Å². The predicted molar refractivity (Wildman–Crippen MR) is 93.6 cm³/mol. The lowest BCUT2D eigenvalue weighted by atomic mass is 9.96. The molecule has 8 heteroatoms. The van der Waals surface area contributed by atoms with Gasteiger partial charge in [0, 0.05) is 13.0 Å². The zero-order valence-corrected chi connectivity index (χ0v) is 15.4. The van der Waals surface area contributed by atoms with E-state index in [0.717, 1.165) is 25.3 Å². The first-order chi connectivity index (χ1) is 10.2. The fourth-order valence-corrected chi connectivity index (χ4v) is 2.99. The zero-order chi connectivity index (χ0) is 14.7. The van der Waals surface area contributed by atoms with Gasteiger partial charge in [0.05, 0.1) is 24.8 Å². The van der Waals surface area contributed by atoms with Crippen molar-refractivity contribution in [2.45, 2.75) is 57.8 Å². The van der Waals surface area contributed by atoms with Crippen LogP contribution >= 0.6 is 24.0 Å². The Kier molecular flexibility index (Phi) is 6.42. The van der Waals surface area contributed by atoms with E-state index >= 15 is 0 Å². The number of aliphatic imine (C=N–C) groups is 1. The summed E-state index contributed by atoms with van der Waals surface area (Å²) in [5, 5.41) is 10.5. The summed E-state index contributed by atoms with van der Waals surface area (Å²) >= 11 is 0. The molecule has 2 saturated heterocycles. The van der Waals surface area contributed by atoms with Gasteiger partial charge in [-0.2, -0.15) is 4.98 Å². The number of ether oxygens (including phenoxy) is 1. The van der Waals surface area contributed by atoms with Crippen LogP contribution in [0.25, 0.3) is 0 Å². The van der Waals surface area contributed by atoms with E-state index in [1.165, 1.54) is 6.42 Å². The molecule has 1 aromatic heterocycles. The first-order valence-electron chi connectivity index (χ1n) is 7.74. The van der Waals surface area contributed by atoms with Crippen LogP contribution in [0.1, 0.15) is 37.9 Å². The van der Waals surface area contributed by atoms with Gasteiger partial charge in [-0.1, -0.05) is 5.16 Å². The molecule has 3 heterocycles. The summed E-state index contributed by atoms with van der Waals surface area (Å²) in [5.74, 6) is 2.14. The van der Waals surface area contributed by atoms with Crippen molar-refractivity contribution >= 4 is 29.9 Å². The Bertz CT molecular complexity index is 507. The number of fused-ring (bicyclic) bond motifs is 2. The molecule has 2 aliphatic rings. The van der Waals surface area contributed by atoms with Gasteiger partial charge in [0.1, 0.15) is 0 Å². The molecular formula is C14H24IN5O2. The Morgan fingerprint density at radius 2 is 2.27 bits per heavy atom. The van der Waals surface area contributed by atoms with Crippen LogP contribution < -0.4 is 10.6 Å². The molecule has 2 aliphatic heterocycles. The van der Waals surface area contributed by atoms with Crippen LogP contribution in [-0.4, -0.2) is 47.4 Å². The molecule has 0 saturated carbocycles. The molecule has 0 aliphatic carbocycles. The van der Waals surface area contributed by atoms with E-state index in [4.69, 9.17) is 9.26 Å². The Labute approximate surface area is 147 Å². The van der Waals surface area contributed by atoms with Crippen molar-refractivity contribution in [3.05, 3.63) is 11.7 Å². The molecule has 22 heavy (non-hydrogen) atoms. The summed E-state index contributed by atoms with van der Waals surface area (Å²) in [5.41, 5.74) is 0. The maximum Gasteiger partial charge on any atom is 0.228 e. The number of nitrogens with one attached hydrogen (secondary N) is 2. The summed E-state index contributed by atoms with van der Waals surface area (Å²) in [7, 11) is 0. The molecule has 0 aromatic carbocycles. The number of rotatable bonds is 5. The Morgan fingerprint density at radius 1 is 1.41 bits per heavy atom. The fourth-order valence-electron chi connectivity index (χ4n) is 2.99. The Hall–Kier alpha value is -0.900. The van der Waals surface area contributed by atoms with Gasteiger partial charge in [0.15, 0.2) is 11.8 Å². The third kappa shape index (κ3) is 4.31.